The number of aliphatic hydroxyl groups excluding tert-OH is 2. The Balaban J connectivity index is 0.997. The van der Waals surface area contributed by atoms with E-state index in [-0.39, 0.29) is 124 Å². The number of ketones is 1. The molecule has 78 heavy (non-hydrogen) atoms. The number of aromatic amines is 1. The molecule has 13 atom stereocenters. The van der Waals surface area contributed by atoms with Crippen molar-refractivity contribution in [1.82, 2.24) is 4.98 Å². The zero-order chi connectivity index (χ0) is 53.8. The van der Waals surface area contributed by atoms with E-state index in [0.717, 1.165) is 73.8 Å². The van der Waals surface area contributed by atoms with Crippen molar-refractivity contribution >= 4 is 5.78 Å². The fourth-order valence-electron chi connectivity index (χ4n) is 18.5. The van der Waals surface area contributed by atoms with Gasteiger partial charge in [0.25, 0.3) is 0 Å². The number of aryl methyl sites for hydroxylation is 1. The number of fused-ring (bicyclic) bond motifs is 9. The zero-order valence-corrected chi connectivity index (χ0v) is 44.0. The minimum absolute atomic E-state index is 0.00309. The lowest BCUT2D eigenvalue weighted by Gasteiger charge is -2.56. The molecular weight excluding hydrogens is 985 g/mol. The van der Waals surface area contributed by atoms with E-state index < -0.39 is 29.3 Å². The number of phenols is 6. The molecule has 1 heterocycles. The number of nitrogens with two attached hydrogens (primary N) is 1. The van der Waals surface area contributed by atoms with Gasteiger partial charge in [-0.3, -0.25) is 10.5 Å². The maximum atomic E-state index is 15.3. The number of ether oxygens (including phenoxy) is 2. The number of hydrogen-bond donors (Lipinski definition) is 10. The number of rotatable bonds is 13. The first-order valence-electron chi connectivity index (χ1n) is 28.5. The number of H-pyrrole nitrogens is 1. The van der Waals surface area contributed by atoms with Crippen LogP contribution in [0.15, 0.2) is 103 Å². The Hall–Kier alpha value is -6.67. The molecular formula is C65H72N2O11. The van der Waals surface area contributed by atoms with Crippen molar-refractivity contribution in [2.75, 3.05) is 13.3 Å². The van der Waals surface area contributed by atoms with Gasteiger partial charge in [0.2, 0.25) is 5.75 Å². The average Bonchev–Trinajstić information content (AvgIpc) is 2.61. The third kappa shape index (κ3) is 7.91. The van der Waals surface area contributed by atoms with E-state index in [2.05, 4.69) is 41.5 Å². The standard InChI is InChI=1S/C65H72N2O11/c66-34-78-54-24-35(11-15-51(54)72)10-14-50(71)46-26-38(25-37-12-13-42(70)29-52(37)73)45-27-39-28-49(56(57(45)59(46)75)47-30-53(74)60(76)61(55(39)47)77-32-36-5-3-7-41(69)23-36)65-21-20-64(19-18-63(33-64)17-4-6-40(63)31-68)62(65)44-16-22-67-58(44)43-8-1-2-9-48(43)65/h1-3,5,7-9,11-13,15-16,22-24,29-30,38-40,45-46,49,56-57,59,62,67-70,72-76H,4,6,10,14,17-21,25-28,31-34,66H2. The van der Waals surface area contributed by atoms with Crippen molar-refractivity contribution in [2.24, 2.45) is 52.1 Å². The van der Waals surface area contributed by atoms with Crippen LogP contribution in [0, 0.1) is 46.3 Å². The molecule has 13 nitrogen and oxygen atoms in total. The largest absolute Gasteiger partial charge is 0.508 e. The lowest BCUT2D eigenvalue weighted by Crippen LogP contribution is -2.53. The van der Waals surface area contributed by atoms with Gasteiger partial charge in [-0.1, -0.05) is 55.0 Å². The second-order valence-corrected chi connectivity index (χ2v) is 24.8. The number of nitrogens with one attached hydrogen (secondary N) is 1. The van der Waals surface area contributed by atoms with E-state index in [9.17, 15) is 40.9 Å². The van der Waals surface area contributed by atoms with E-state index in [0.29, 0.717) is 43.2 Å². The predicted molar refractivity (Wildman–Crippen MR) is 293 cm³/mol. The second-order valence-electron chi connectivity index (χ2n) is 24.8. The predicted octanol–water partition coefficient (Wildman–Crippen LogP) is 10.8. The quantitative estimate of drug-likeness (QED) is 0.0384. The van der Waals surface area contributed by atoms with Gasteiger partial charge >= 0.3 is 0 Å². The third-order valence-electron chi connectivity index (χ3n) is 21.4. The summed E-state index contributed by atoms with van der Waals surface area (Å²) in [6, 6.07) is 29.3. The van der Waals surface area contributed by atoms with Crippen LogP contribution >= 0.6 is 0 Å². The van der Waals surface area contributed by atoms with Gasteiger partial charge in [-0.25, -0.2) is 0 Å². The van der Waals surface area contributed by atoms with E-state index >= 15 is 4.79 Å². The number of Topliss-reactive ketones (excluding diaryl/α,β-unsaturated/α-hetero) is 1. The van der Waals surface area contributed by atoms with Gasteiger partial charge in [-0.15, -0.1) is 0 Å². The Morgan fingerprint density at radius 1 is 0.756 bits per heavy atom. The van der Waals surface area contributed by atoms with Crippen LogP contribution < -0.4 is 15.2 Å². The van der Waals surface area contributed by atoms with Gasteiger partial charge in [0.05, 0.1) is 6.10 Å². The van der Waals surface area contributed by atoms with E-state index in [1.54, 1.807) is 48.5 Å². The average molecular weight is 1060 g/mol. The zero-order valence-electron chi connectivity index (χ0n) is 44.0. The molecule has 0 amide bonds. The molecule has 8 aliphatic rings. The molecule has 1 aromatic heterocycles. The summed E-state index contributed by atoms with van der Waals surface area (Å²) in [5.74, 6) is -2.79. The Morgan fingerprint density at radius 3 is 2.40 bits per heavy atom. The topological polar surface area (TPSA) is 239 Å². The van der Waals surface area contributed by atoms with Crippen molar-refractivity contribution in [2.45, 2.75) is 126 Å². The van der Waals surface area contributed by atoms with Crippen LogP contribution in [-0.4, -0.2) is 71.1 Å². The number of aromatic nitrogens is 1. The number of carbonyl (C=O) groups is 1. The first-order valence-corrected chi connectivity index (χ1v) is 28.5. The molecule has 14 rings (SSSR count). The number of phenolic OH excluding ortho intramolecular Hbond substituents is 6. The fraction of sp³-hybridized carbons (Fsp3) is 0.462. The van der Waals surface area contributed by atoms with Gasteiger partial charge in [-0.2, -0.15) is 0 Å². The highest BCUT2D eigenvalue weighted by molar-refractivity contribution is 5.82. The molecule has 408 valence electrons. The first-order chi connectivity index (χ1) is 37.8. The second kappa shape index (κ2) is 19.3. The summed E-state index contributed by atoms with van der Waals surface area (Å²) in [6.07, 6.45) is 11.7. The number of aliphatic hydroxyl groups is 2. The summed E-state index contributed by atoms with van der Waals surface area (Å²) in [7, 11) is 0. The molecule has 2 spiro atoms. The molecule has 13 heteroatoms. The maximum absolute atomic E-state index is 15.3. The Kier molecular flexibility index (Phi) is 12.6. The Morgan fingerprint density at radius 2 is 1.58 bits per heavy atom. The van der Waals surface area contributed by atoms with Crippen molar-refractivity contribution in [3.8, 4) is 57.3 Å². The highest BCUT2D eigenvalue weighted by Gasteiger charge is 2.71. The van der Waals surface area contributed by atoms with Crippen LogP contribution in [0.4, 0.5) is 0 Å². The molecule has 5 fully saturated rings. The van der Waals surface area contributed by atoms with Gasteiger partial charge in [0.15, 0.2) is 23.0 Å². The number of aromatic hydroxyl groups is 6. The summed E-state index contributed by atoms with van der Waals surface area (Å²) in [4.78, 5) is 19.0. The Bertz CT molecular complexity index is 3300. The molecule has 13 unspecified atom stereocenters. The van der Waals surface area contributed by atoms with Crippen molar-refractivity contribution in [3.05, 3.63) is 142 Å². The summed E-state index contributed by atoms with van der Waals surface area (Å²) in [6.45, 7) is 0.0660. The summed E-state index contributed by atoms with van der Waals surface area (Å²) in [5, 5.41) is 91.8. The van der Waals surface area contributed by atoms with E-state index in [1.165, 1.54) is 28.8 Å². The van der Waals surface area contributed by atoms with Crippen LogP contribution in [0.2, 0.25) is 0 Å². The molecule has 5 saturated carbocycles. The normalized spacial score (nSPS) is 32.0. The van der Waals surface area contributed by atoms with Crippen LogP contribution in [0.1, 0.15) is 134 Å². The number of benzene rings is 5. The van der Waals surface area contributed by atoms with E-state index in [4.69, 9.17) is 15.2 Å². The number of carbonyl (C=O) groups excluding carboxylic acids is 1. The van der Waals surface area contributed by atoms with Gasteiger partial charge in [0.1, 0.15) is 36.4 Å². The molecule has 8 aliphatic carbocycles. The summed E-state index contributed by atoms with van der Waals surface area (Å²) >= 11 is 0. The van der Waals surface area contributed by atoms with E-state index in [1.807, 2.05) is 6.07 Å². The smallest absolute Gasteiger partial charge is 0.200 e. The van der Waals surface area contributed by atoms with Crippen molar-refractivity contribution < 1.29 is 55.1 Å². The number of hydrogen-bond acceptors (Lipinski definition) is 12. The Labute approximate surface area is 454 Å². The van der Waals surface area contributed by atoms with Gasteiger partial charge in [0, 0.05) is 59.4 Å². The highest BCUT2D eigenvalue weighted by atomic mass is 16.5. The fourth-order valence-corrected chi connectivity index (χ4v) is 18.5. The molecule has 5 aromatic carbocycles. The molecule has 11 N–H and O–H groups in total. The minimum Gasteiger partial charge on any atom is -0.508 e. The summed E-state index contributed by atoms with van der Waals surface area (Å²) < 4.78 is 12.2. The maximum Gasteiger partial charge on any atom is 0.200 e. The van der Waals surface area contributed by atoms with Crippen molar-refractivity contribution in [3.63, 3.8) is 0 Å². The van der Waals surface area contributed by atoms with Crippen LogP contribution in [-0.2, 0) is 29.7 Å². The minimum atomic E-state index is -1.13. The van der Waals surface area contributed by atoms with Crippen molar-refractivity contribution in [1.29, 1.82) is 0 Å². The van der Waals surface area contributed by atoms with Crippen LogP contribution in [0.3, 0.4) is 0 Å². The molecule has 0 radical (unpaired) electrons. The van der Waals surface area contributed by atoms with Crippen LogP contribution in [0.5, 0.6) is 46.0 Å². The monoisotopic (exact) mass is 1060 g/mol. The first kappa shape index (κ1) is 50.8. The SMILES string of the molecule is NCOc1cc(CCC(=O)C2CC(Cc3ccc(O)cc3O)C3CC4CC(C56CCC7(CCC8(CCCC8CO)C7)C5c5cc[nH]c5-c5ccccc56)C(c5cc(O)c(O)c(OCc6cccc(O)c6)c54)C3C2O)ccc1O. The lowest BCUT2D eigenvalue weighted by atomic mass is 9.47. The van der Waals surface area contributed by atoms with Crippen LogP contribution in [0.25, 0.3) is 11.3 Å². The molecule has 6 aromatic rings. The third-order valence-corrected chi connectivity index (χ3v) is 21.4. The highest BCUT2D eigenvalue weighted by Crippen LogP contribution is 2.79. The molecule has 2 bridgehead atoms. The lowest BCUT2D eigenvalue weighted by molar-refractivity contribution is -0.136. The summed E-state index contributed by atoms with van der Waals surface area (Å²) in [5.41, 5.74) is 13.8. The molecule has 0 saturated heterocycles. The molecule has 0 aliphatic heterocycles. The van der Waals surface area contributed by atoms with Gasteiger partial charge in [-0.05, 0) is 205 Å². The van der Waals surface area contributed by atoms with Gasteiger partial charge < -0.3 is 55.3 Å².